The maximum absolute atomic E-state index is 13.1. The van der Waals surface area contributed by atoms with Gasteiger partial charge < -0.3 is 14.4 Å². The molecule has 8 nitrogen and oxygen atoms in total. The number of sulfone groups is 1. The van der Waals surface area contributed by atoms with Gasteiger partial charge in [-0.1, -0.05) is 29.5 Å². The molecule has 2 heterocycles. The number of thiazole rings is 1. The van der Waals surface area contributed by atoms with Crippen LogP contribution in [0.5, 0.6) is 11.5 Å². The molecule has 0 aliphatic carbocycles. The first-order valence-corrected chi connectivity index (χ1v) is 12.7. The molecule has 0 saturated carbocycles. The summed E-state index contributed by atoms with van der Waals surface area (Å²) in [5.41, 5.74) is 0.719. The molecule has 0 spiro atoms. The van der Waals surface area contributed by atoms with E-state index >= 15 is 0 Å². The molecule has 170 valence electrons. The lowest BCUT2D eigenvalue weighted by Gasteiger charge is -2.21. The molecule has 1 amide bonds. The Balaban J connectivity index is 1.54. The lowest BCUT2D eigenvalue weighted by molar-refractivity contribution is -0.118. The number of carbonyl (C=O) groups is 1. The van der Waals surface area contributed by atoms with Crippen LogP contribution in [0.1, 0.15) is 12.8 Å². The molecule has 32 heavy (non-hydrogen) atoms. The van der Waals surface area contributed by atoms with Crippen molar-refractivity contribution in [3.63, 3.8) is 0 Å². The average molecular weight is 476 g/mol. The molecule has 1 aliphatic rings. The first-order chi connectivity index (χ1) is 15.3. The first-order valence-electron chi connectivity index (χ1n) is 10.3. The average Bonchev–Trinajstić information content (AvgIpc) is 3.39. The Hall–Kier alpha value is -2.69. The zero-order valence-corrected chi connectivity index (χ0v) is 19.6. The topological polar surface area (TPSA) is 89.0 Å². The Labute approximate surface area is 191 Å². The number of fused-ring (bicyclic) bond motifs is 2. The third kappa shape index (κ3) is 5.03. The molecule has 0 fully saturated rings. The van der Waals surface area contributed by atoms with Gasteiger partial charge in [0.2, 0.25) is 12.7 Å². The van der Waals surface area contributed by atoms with Crippen LogP contribution in [-0.4, -0.2) is 63.9 Å². The number of aromatic nitrogens is 1. The fourth-order valence-corrected chi connectivity index (χ4v) is 5.67. The summed E-state index contributed by atoms with van der Waals surface area (Å²) in [6.45, 7) is 1.44. The van der Waals surface area contributed by atoms with E-state index in [1.165, 1.54) is 11.3 Å². The molecule has 0 radical (unpaired) electrons. The van der Waals surface area contributed by atoms with Crippen LogP contribution in [0.2, 0.25) is 0 Å². The number of ether oxygens (including phenoxy) is 2. The van der Waals surface area contributed by atoms with Gasteiger partial charge in [0, 0.05) is 25.1 Å². The van der Waals surface area contributed by atoms with Crippen LogP contribution >= 0.6 is 11.3 Å². The van der Waals surface area contributed by atoms with Crippen LogP contribution in [0.25, 0.3) is 10.2 Å². The number of carbonyl (C=O) groups excluding carboxylic acids is 1. The van der Waals surface area contributed by atoms with Gasteiger partial charge in [0.15, 0.2) is 26.5 Å². The minimum atomic E-state index is -3.54. The van der Waals surface area contributed by atoms with Crippen molar-refractivity contribution in [2.75, 3.05) is 44.6 Å². The van der Waals surface area contributed by atoms with Crippen molar-refractivity contribution in [3.05, 3.63) is 42.5 Å². The Morgan fingerprint density at radius 1 is 1.09 bits per heavy atom. The lowest BCUT2D eigenvalue weighted by Crippen LogP contribution is -2.34. The molecule has 0 N–H and O–H groups in total. The van der Waals surface area contributed by atoms with Crippen molar-refractivity contribution in [1.82, 2.24) is 9.88 Å². The van der Waals surface area contributed by atoms with Gasteiger partial charge in [-0.15, -0.1) is 0 Å². The van der Waals surface area contributed by atoms with Crippen molar-refractivity contribution in [3.8, 4) is 11.5 Å². The molecule has 1 aromatic heterocycles. The molecule has 2 aromatic carbocycles. The van der Waals surface area contributed by atoms with Gasteiger partial charge in [0.05, 0.1) is 20.9 Å². The van der Waals surface area contributed by atoms with Crippen molar-refractivity contribution in [1.29, 1.82) is 0 Å². The molecular formula is C22H25N3O5S2. The van der Waals surface area contributed by atoms with Crippen molar-refractivity contribution in [2.24, 2.45) is 0 Å². The second-order valence-corrected chi connectivity index (χ2v) is 10.9. The zero-order chi connectivity index (χ0) is 22.7. The van der Waals surface area contributed by atoms with E-state index in [4.69, 9.17) is 9.47 Å². The second kappa shape index (κ2) is 9.43. The molecule has 0 bridgehead atoms. The lowest BCUT2D eigenvalue weighted by atomic mass is 10.3. The summed E-state index contributed by atoms with van der Waals surface area (Å²) in [5, 5.41) is 0.546. The van der Waals surface area contributed by atoms with Gasteiger partial charge in [0.1, 0.15) is 0 Å². The summed E-state index contributed by atoms with van der Waals surface area (Å²) in [5.74, 6) is 0.782. The van der Waals surface area contributed by atoms with E-state index in [0.717, 1.165) is 23.2 Å². The van der Waals surface area contributed by atoms with Gasteiger partial charge in [0.25, 0.3) is 0 Å². The zero-order valence-electron chi connectivity index (χ0n) is 18.0. The standard InChI is InChI=1S/C22H25N3O5S2/c1-24(2)10-6-11-25(21(26)9-12-32(27,28)16-7-4-3-5-8-16)22-23-17-13-18-19(30-15-29-18)14-20(17)31-22/h3-5,7-8,13-14H,6,9-12,15H2,1-2H3. The quantitative estimate of drug-likeness (QED) is 0.470. The molecule has 1 aliphatic heterocycles. The van der Waals surface area contributed by atoms with E-state index in [9.17, 15) is 13.2 Å². The Bertz CT molecular complexity index is 1170. The highest BCUT2D eigenvalue weighted by atomic mass is 32.2. The number of rotatable bonds is 9. The highest BCUT2D eigenvalue weighted by Crippen LogP contribution is 2.39. The van der Waals surface area contributed by atoms with Gasteiger partial charge in [-0.3, -0.25) is 9.69 Å². The van der Waals surface area contributed by atoms with Crippen molar-refractivity contribution >= 4 is 42.4 Å². The fourth-order valence-electron chi connectivity index (χ4n) is 3.40. The number of benzene rings is 2. The van der Waals surface area contributed by atoms with Crippen LogP contribution in [0, 0.1) is 0 Å². The first kappa shape index (κ1) is 22.5. The van der Waals surface area contributed by atoms with E-state index < -0.39 is 9.84 Å². The maximum atomic E-state index is 13.1. The number of nitrogens with zero attached hydrogens (tertiary/aromatic N) is 3. The van der Waals surface area contributed by atoms with Gasteiger partial charge in [-0.25, -0.2) is 13.4 Å². The van der Waals surface area contributed by atoms with Crippen molar-refractivity contribution < 1.29 is 22.7 Å². The smallest absolute Gasteiger partial charge is 0.231 e. The monoisotopic (exact) mass is 475 g/mol. The Kier molecular flexibility index (Phi) is 6.63. The molecule has 0 saturated heterocycles. The van der Waals surface area contributed by atoms with Crippen LogP contribution in [0.4, 0.5) is 5.13 Å². The molecular weight excluding hydrogens is 450 g/mol. The number of hydrogen-bond donors (Lipinski definition) is 0. The number of anilines is 1. The molecule has 4 rings (SSSR count). The van der Waals surface area contributed by atoms with Crippen LogP contribution < -0.4 is 14.4 Å². The Morgan fingerprint density at radius 2 is 1.81 bits per heavy atom. The van der Waals surface area contributed by atoms with Gasteiger partial charge in [-0.2, -0.15) is 0 Å². The van der Waals surface area contributed by atoms with E-state index in [-0.39, 0.29) is 29.8 Å². The summed E-state index contributed by atoms with van der Waals surface area (Å²) in [6, 6.07) is 11.9. The summed E-state index contributed by atoms with van der Waals surface area (Å²) in [6.07, 6.45) is 0.626. The third-order valence-electron chi connectivity index (χ3n) is 5.08. The van der Waals surface area contributed by atoms with Crippen molar-refractivity contribution in [2.45, 2.75) is 17.7 Å². The Morgan fingerprint density at radius 3 is 2.53 bits per heavy atom. The molecule has 10 heteroatoms. The molecule has 3 aromatic rings. The fraction of sp³-hybridized carbons (Fsp3) is 0.364. The van der Waals surface area contributed by atoms with Crippen LogP contribution in [0.15, 0.2) is 47.4 Å². The van der Waals surface area contributed by atoms with E-state index in [1.54, 1.807) is 41.3 Å². The summed E-state index contributed by atoms with van der Waals surface area (Å²) < 4.78 is 37.0. The normalized spacial score (nSPS) is 13.1. The molecule has 0 atom stereocenters. The highest BCUT2D eigenvalue weighted by Gasteiger charge is 2.24. The van der Waals surface area contributed by atoms with E-state index in [1.807, 2.05) is 25.1 Å². The largest absolute Gasteiger partial charge is 0.454 e. The van der Waals surface area contributed by atoms with E-state index in [0.29, 0.717) is 23.2 Å². The predicted molar refractivity (Wildman–Crippen MR) is 124 cm³/mol. The third-order valence-corrected chi connectivity index (χ3v) is 7.85. The van der Waals surface area contributed by atoms with Crippen LogP contribution in [0.3, 0.4) is 0 Å². The summed E-state index contributed by atoms with van der Waals surface area (Å²) >= 11 is 1.38. The number of amides is 1. The SMILES string of the molecule is CN(C)CCCN(C(=O)CCS(=O)(=O)c1ccccc1)c1nc2cc3c(cc2s1)OCO3. The highest BCUT2D eigenvalue weighted by molar-refractivity contribution is 7.91. The minimum absolute atomic E-state index is 0.113. The van der Waals surface area contributed by atoms with Gasteiger partial charge >= 0.3 is 0 Å². The minimum Gasteiger partial charge on any atom is -0.454 e. The second-order valence-electron chi connectivity index (χ2n) is 7.75. The number of hydrogen-bond acceptors (Lipinski definition) is 8. The summed E-state index contributed by atoms with van der Waals surface area (Å²) in [7, 11) is 0.398. The van der Waals surface area contributed by atoms with E-state index in [2.05, 4.69) is 4.98 Å². The predicted octanol–water partition coefficient (Wildman–Crippen LogP) is 3.17. The van der Waals surface area contributed by atoms with Gasteiger partial charge in [-0.05, 0) is 39.2 Å². The summed E-state index contributed by atoms with van der Waals surface area (Å²) in [4.78, 5) is 21.6. The maximum Gasteiger partial charge on any atom is 0.231 e. The molecule has 0 unspecified atom stereocenters. The van der Waals surface area contributed by atoms with Crippen LogP contribution in [-0.2, 0) is 14.6 Å².